The summed E-state index contributed by atoms with van der Waals surface area (Å²) in [6.07, 6.45) is 0.665. The Morgan fingerprint density at radius 2 is 1.14 bits per heavy atom. The molecule has 1 aliphatic rings. The number of primary amides is 1. The van der Waals surface area contributed by atoms with Crippen molar-refractivity contribution in [2.45, 2.75) is 102 Å². The lowest BCUT2D eigenvalue weighted by atomic mass is 10.00. The number of thiol groups is 1. The first-order valence-electron chi connectivity index (χ1n) is 16.3. The third kappa shape index (κ3) is 15.9. The molecule has 0 aromatic heterocycles. The summed E-state index contributed by atoms with van der Waals surface area (Å²) in [4.78, 5) is 104. The Hall–Kier alpha value is -3.97. The highest BCUT2D eigenvalue weighted by Gasteiger charge is 2.34. The highest BCUT2D eigenvalue weighted by atomic mass is 32.1. The normalized spacial score (nSPS) is 25.6. The fourth-order valence-electron chi connectivity index (χ4n) is 4.86. The zero-order chi connectivity index (χ0) is 37.3. The van der Waals surface area contributed by atoms with Gasteiger partial charge in [-0.2, -0.15) is 12.6 Å². The predicted molar refractivity (Wildman–Crippen MR) is 181 cm³/mol. The molecule has 12 N–H and O–H groups in total. The molecular formula is C30H53N9O9S. The SMILES string of the molecule is CC(C)C[C@@H]1NC(=O)[C@H](CCCCN)NC(=O)[C@H](CC(C)C)NC(=O)[C@H](CO)NC(=O)[C@H](CS)NC(=O)CNC(=O)[C@H](CC(N)=O)NC1=O. The van der Waals surface area contributed by atoms with Gasteiger partial charge in [-0.05, 0) is 50.5 Å². The molecule has 0 radical (unpaired) electrons. The number of carbonyl (C=O) groups excluding carboxylic acids is 8. The zero-order valence-corrected chi connectivity index (χ0v) is 29.4. The number of nitrogens with one attached hydrogen (secondary N) is 7. The fourth-order valence-corrected chi connectivity index (χ4v) is 5.12. The van der Waals surface area contributed by atoms with Gasteiger partial charge >= 0.3 is 0 Å². The van der Waals surface area contributed by atoms with E-state index in [2.05, 4.69) is 49.8 Å². The molecule has 19 heteroatoms. The largest absolute Gasteiger partial charge is 0.394 e. The molecule has 49 heavy (non-hydrogen) atoms. The van der Waals surface area contributed by atoms with Crippen molar-refractivity contribution in [2.75, 3.05) is 25.4 Å². The molecule has 0 aromatic rings. The number of carbonyl (C=O) groups is 8. The molecule has 1 fully saturated rings. The topological polar surface area (TPSA) is 293 Å². The average Bonchev–Trinajstić information content (AvgIpc) is 3.02. The molecule has 0 unspecified atom stereocenters. The van der Waals surface area contributed by atoms with E-state index >= 15 is 0 Å². The number of unbranched alkanes of at least 4 members (excludes halogenated alkanes) is 1. The van der Waals surface area contributed by atoms with Crippen LogP contribution < -0.4 is 48.7 Å². The molecule has 278 valence electrons. The maximum absolute atomic E-state index is 13.6. The number of rotatable bonds is 12. The van der Waals surface area contributed by atoms with Gasteiger partial charge in [-0.25, -0.2) is 0 Å². The van der Waals surface area contributed by atoms with E-state index in [0.29, 0.717) is 19.4 Å². The van der Waals surface area contributed by atoms with Crippen molar-refractivity contribution in [3.8, 4) is 0 Å². The quantitative estimate of drug-likeness (QED) is 0.0689. The molecule has 0 aliphatic carbocycles. The summed E-state index contributed by atoms with van der Waals surface area (Å²) in [6, 6.07) is -7.96. The number of aliphatic hydroxyl groups excluding tert-OH is 1. The summed E-state index contributed by atoms with van der Waals surface area (Å²) < 4.78 is 0. The number of hydrogen-bond donors (Lipinski definition) is 11. The Morgan fingerprint density at radius 3 is 1.61 bits per heavy atom. The number of nitrogens with two attached hydrogens (primary N) is 2. The minimum Gasteiger partial charge on any atom is -0.394 e. The summed E-state index contributed by atoms with van der Waals surface area (Å²) in [5.74, 6) is -7.32. The van der Waals surface area contributed by atoms with Gasteiger partial charge in [-0.15, -0.1) is 0 Å². The molecule has 1 saturated heterocycles. The summed E-state index contributed by atoms with van der Waals surface area (Å²) in [5.41, 5.74) is 10.9. The third-order valence-corrected chi connectivity index (χ3v) is 7.74. The lowest BCUT2D eigenvalue weighted by molar-refractivity contribution is -0.136. The van der Waals surface area contributed by atoms with Crippen LogP contribution in [0.3, 0.4) is 0 Å². The van der Waals surface area contributed by atoms with Crippen molar-refractivity contribution in [1.29, 1.82) is 0 Å². The monoisotopic (exact) mass is 715 g/mol. The van der Waals surface area contributed by atoms with Gasteiger partial charge in [0.05, 0.1) is 19.6 Å². The molecule has 0 aromatic carbocycles. The first-order valence-corrected chi connectivity index (χ1v) is 16.9. The van der Waals surface area contributed by atoms with Gasteiger partial charge in [0.2, 0.25) is 47.3 Å². The van der Waals surface area contributed by atoms with Crippen LogP contribution in [0.4, 0.5) is 0 Å². The highest BCUT2D eigenvalue weighted by molar-refractivity contribution is 7.80. The van der Waals surface area contributed by atoms with Crippen LogP contribution in [0, 0.1) is 11.8 Å². The number of amides is 8. The van der Waals surface area contributed by atoms with E-state index in [4.69, 9.17) is 11.5 Å². The molecule has 0 saturated carbocycles. The maximum atomic E-state index is 13.6. The van der Waals surface area contributed by atoms with Crippen molar-refractivity contribution in [2.24, 2.45) is 23.3 Å². The van der Waals surface area contributed by atoms with Crippen molar-refractivity contribution >= 4 is 59.9 Å². The lowest BCUT2D eigenvalue weighted by Gasteiger charge is -2.28. The van der Waals surface area contributed by atoms with Crippen LogP contribution in [0.2, 0.25) is 0 Å². The van der Waals surface area contributed by atoms with Crippen LogP contribution in [0.25, 0.3) is 0 Å². The summed E-state index contributed by atoms with van der Waals surface area (Å²) in [7, 11) is 0. The Morgan fingerprint density at radius 1 is 0.694 bits per heavy atom. The van der Waals surface area contributed by atoms with E-state index < -0.39 is 103 Å². The van der Waals surface area contributed by atoms with E-state index in [-0.39, 0.29) is 36.9 Å². The van der Waals surface area contributed by atoms with Crippen molar-refractivity contribution in [3.63, 3.8) is 0 Å². The molecular weight excluding hydrogens is 662 g/mol. The number of aliphatic hydroxyl groups is 1. The van der Waals surface area contributed by atoms with Crippen LogP contribution in [0.5, 0.6) is 0 Å². The van der Waals surface area contributed by atoms with E-state index in [1.807, 2.05) is 0 Å². The smallest absolute Gasteiger partial charge is 0.245 e. The van der Waals surface area contributed by atoms with Crippen molar-refractivity contribution < 1.29 is 43.5 Å². The number of hydrogen-bond acceptors (Lipinski definition) is 11. The maximum Gasteiger partial charge on any atom is 0.245 e. The Balaban J connectivity index is 3.63. The van der Waals surface area contributed by atoms with E-state index in [1.54, 1.807) is 27.7 Å². The molecule has 1 rings (SSSR count). The Bertz CT molecular complexity index is 1190. The van der Waals surface area contributed by atoms with E-state index in [1.165, 1.54) is 0 Å². The fraction of sp³-hybridized carbons (Fsp3) is 0.733. The second-order valence-corrected chi connectivity index (χ2v) is 13.1. The van der Waals surface area contributed by atoms with Gasteiger partial charge in [0, 0.05) is 5.75 Å². The molecule has 0 bridgehead atoms. The zero-order valence-electron chi connectivity index (χ0n) is 28.5. The minimum atomic E-state index is -1.53. The second-order valence-electron chi connectivity index (χ2n) is 12.7. The average molecular weight is 716 g/mol. The molecule has 0 spiro atoms. The molecule has 6 atom stereocenters. The Kier molecular flexibility index (Phi) is 19.2. The van der Waals surface area contributed by atoms with Gasteiger partial charge in [-0.3, -0.25) is 38.4 Å². The van der Waals surface area contributed by atoms with Crippen molar-refractivity contribution in [1.82, 2.24) is 37.2 Å². The van der Waals surface area contributed by atoms with Crippen LogP contribution in [-0.2, 0) is 38.4 Å². The molecule has 1 aliphatic heterocycles. The predicted octanol–water partition coefficient (Wildman–Crippen LogP) is -3.96. The molecule has 8 amide bonds. The van der Waals surface area contributed by atoms with Gasteiger partial charge < -0.3 is 53.8 Å². The van der Waals surface area contributed by atoms with E-state index in [9.17, 15) is 43.5 Å². The standard InChI is InChI=1S/C30H53N9O9S/c1-15(2)9-18-27(45)35-17(7-5-6-8-31)26(44)36-19(10-16(3)4)28(46)38-20(11-23(32)41)25(43)33-12-24(42)34-22(14-49)30(48)39-21(13-40)29(47)37-18/h15-22,40,49H,5-14,31H2,1-4H3,(H2,32,41)(H,33,43)(H,34,42)(H,35,45)(H,36,44)(H,37,47)(H,38,46)(H,39,48)/t17-,18-,19-,20-,21-,22-/m0/s1. The first kappa shape index (κ1) is 43.1. The molecule has 18 nitrogen and oxygen atoms in total. The first-order chi connectivity index (χ1) is 23.0. The van der Waals surface area contributed by atoms with E-state index in [0.717, 1.165) is 0 Å². The molecule has 1 heterocycles. The van der Waals surface area contributed by atoms with Gasteiger partial charge in [-0.1, -0.05) is 27.7 Å². The summed E-state index contributed by atoms with van der Waals surface area (Å²) in [5, 5.41) is 27.1. The van der Waals surface area contributed by atoms with Gasteiger partial charge in [0.1, 0.15) is 36.3 Å². The van der Waals surface area contributed by atoms with Crippen LogP contribution in [0.1, 0.15) is 66.2 Å². The highest BCUT2D eigenvalue weighted by Crippen LogP contribution is 2.11. The second kappa shape index (κ2) is 21.9. The van der Waals surface area contributed by atoms with Gasteiger partial charge in [0.15, 0.2) is 0 Å². The summed E-state index contributed by atoms with van der Waals surface area (Å²) >= 11 is 4.07. The van der Waals surface area contributed by atoms with Crippen LogP contribution in [0.15, 0.2) is 0 Å². The van der Waals surface area contributed by atoms with Crippen molar-refractivity contribution in [3.05, 3.63) is 0 Å². The summed E-state index contributed by atoms with van der Waals surface area (Å²) in [6.45, 7) is 5.96. The third-order valence-electron chi connectivity index (χ3n) is 7.37. The van der Waals surface area contributed by atoms with Crippen LogP contribution >= 0.6 is 12.6 Å². The Labute approximate surface area is 291 Å². The minimum absolute atomic E-state index is 0.106. The van der Waals surface area contributed by atoms with Crippen LogP contribution in [-0.4, -0.2) is 114 Å². The van der Waals surface area contributed by atoms with Gasteiger partial charge in [0.25, 0.3) is 0 Å². The lowest BCUT2D eigenvalue weighted by Crippen LogP contribution is -2.60.